The van der Waals surface area contributed by atoms with Crippen LogP contribution in [-0.2, 0) is 4.79 Å². The summed E-state index contributed by atoms with van der Waals surface area (Å²) in [5, 5.41) is 11.9. The minimum Gasteiger partial charge on any atom is -0.480 e. The number of hydrogen-bond donors (Lipinski definition) is 2. The topological polar surface area (TPSA) is 49.3 Å². The highest BCUT2D eigenvalue weighted by Gasteiger charge is 2.36. The van der Waals surface area contributed by atoms with Gasteiger partial charge in [0.25, 0.3) is 0 Å². The molecule has 0 heterocycles. The lowest BCUT2D eigenvalue weighted by Crippen LogP contribution is -2.44. The van der Waals surface area contributed by atoms with Crippen LogP contribution < -0.4 is 5.32 Å². The fourth-order valence-corrected chi connectivity index (χ4v) is 1.34. The molecule has 1 rings (SSSR count). The number of carboxylic acid groups (broad SMARTS) is 1. The highest BCUT2D eigenvalue weighted by atomic mass is 16.4. The molecule has 2 N–H and O–H groups in total. The molecule has 3 heteroatoms. The van der Waals surface area contributed by atoms with Crippen LogP contribution in [0.1, 0.15) is 26.2 Å². The molecule has 0 bridgehead atoms. The zero-order valence-electron chi connectivity index (χ0n) is 7.79. The first-order valence-electron chi connectivity index (χ1n) is 4.64. The number of carboxylic acids is 1. The van der Waals surface area contributed by atoms with Gasteiger partial charge in [-0.25, -0.2) is 0 Å². The highest BCUT2D eigenvalue weighted by molar-refractivity contribution is 5.74. The van der Waals surface area contributed by atoms with Crippen LogP contribution in [0.4, 0.5) is 0 Å². The molecule has 2 atom stereocenters. The van der Waals surface area contributed by atoms with Crippen molar-refractivity contribution in [3.8, 4) is 12.3 Å². The van der Waals surface area contributed by atoms with Crippen LogP contribution in [0.25, 0.3) is 0 Å². The first kappa shape index (κ1) is 10.1. The molecule has 0 amide bonds. The van der Waals surface area contributed by atoms with E-state index >= 15 is 0 Å². The number of hydrogen-bond acceptors (Lipinski definition) is 2. The third-order valence-corrected chi connectivity index (χ3v) is 2.35. The lowest BCUT2D eigenvalue weighted by atomic mass is 10.1. The lowest BCUT2D eigenvalue weighted by Gasteiger charge is -2.17. The van der Waals surface area contributed by atoms with E-state index in [1.807, 2.05) is 6.92 Å². The van der Waals surface area contributed by atoms with E-state index in [0.29, 0.717) is 5.92 Å². The van der Waals surface area contributed by atoms with Crippen molar-refractivity contribution in [2.24, 2.45) is 5.92 Å². The van der Waals surface area contributed by atoms with Crippen molar-refractivity contribution >= 4 is 5.97 Å². The first-order chi connectivity index (χ1) is 6.19. The van der Waals surface area contributed by atoms with Gasteiger partial charge in [0.05, 0.1) is 6.04 Å². The standard InChI is InChI=1S/C10H15NO2/c1-3-8(4-2)11-9(10(12)13)7-5-6-7/h1,7-9,11H,4-6H2,2H3,(H,12,13). The molecule has 0 saturated heterocycles. The third kappa shape index (κ3) is 2.74. The molecule has 1 saturated carbocycles. The average molecular weight is 181 g/mol. The molecule has 0 aliphatic heterocycles. The molecule has 72 valence electrons. The molecule has 1 aliphatic carbocycles. The van der Waals surface area contributed by atoms with Crippen molar-refractivity contribution in [3.05, 3.63) is 0 Å². The van der Waals surface area contributed by atoms with Crippen molar-refractivity contribution in [1.29, 1.82) is 0 Å². The van der Waals surface area contributed by atoms with Gasteiger partial charge in [-0.05, 0) is 25.2 Å². The zero-order chi connectivity index (χ0) is 9.84. The summed E-state index contributed by atoms with van der Waals surface area (Å²) in [7, 11) is 0. The maximum atomic E-state index is 10.8. The molecule has 1 fully saturated rings. The molecular weight excluding hydrogens is 166 g/mol. The average Bonchev–Trinajstić information content (AvgIpc) is 2.89. The largest absolute Gasteiger partial charge is 0.480 e. The van der Waals surface area contributed by atoms with Gasteiger partial charge in [-0.2, -0.15) is 0 Å². The summed E-state index contributed by atoms with van der Waals surface area (Å²) in [5.41, 5.74) is 0. The molecule has 2 unspecified atom stereocenters. The smallest absolute Gasteiger partial charge is 0.321 e. The van der Waals surface area contributed by atoms with Gasteiger partial charge in [0.1, 0.15) is 6.04 Å². The fraction of sp³-hybridized carbons (Fsp3) is 0.700. The van der Waals surface area contributed by atoms with E-state index in [-0.39, 0.29) is 6.04 Å². The second-order valence-corrected chi connectivity index (χ2v) is 3.45. The number of rotatable bonds is 5. The van der Waals surface area contributed by atoms with E-state index in [9.17, 15) is 4.79 Å². The van der Waals surface area contributed by atoms with Gasteiger partial charge in [0.2, 0.25) is 0 Å². The monoisotopic (exact) mass is 181 g/mol. The normalized spacial score (nSPS) is 20.3. The van der Waals surface area contributed by atoms with Crippen molar-refractivity contribution in [1.82, 2.24) is 5.32 Å². The van der Waals surface area contributed by atoms with Gasteiger partial charge < -0.3 is 5.11 Å². The number of nitrogens with one attached hydrogen (secondary N) is 1. The molecule has 0 aromatic heterocycles. The molecule has 0 radical (unpaired) electrons. The van der Waals surface area contributed by atoms with Crippen LogP contribution in [0.5, 0.6) is 0 Å². The van der Waals surface area contributed by atoms with Gasteiger partial charge >= 0.3 is 5.97 Å². The van der Waals surface area contributed by atoms with E-state index in [1.165, 1.54) is 0 Å². The zero-order valence-corrected chi connectivity index (χ0v) is 7.79. The summed E-state index contributed by atoms with van der Waals surface area (Å²) in [4.78, 5) is 10.8. The van der Waals surface area contributed by atoms with Crippen LogP contribution in [0.15, 0.2) is 0 Å². The Balaban J connectivity index is 2.47. The van der Waals surface area contributed by atoms with E-state index in [0.717, 1.165) is 19.3 Å². The molecule has 0 aromatic rings. The van der Waals surface area contributed by atoms with Gasteiger partial charge in [0, 0.05) is 0 Å². The maximum absolute atomic E-state index is 10.8. The fourth-order valence-electron chi connectivity index (χ4n) is 1.34. The lowest BCUT2D eigenvalue weighted by molar-refractivity contribution is -0.140. The molecule has 0 spiro atoms. The molecule has 1 aliphatic rings. The Morgan fingerprint density at radius 3 is 2.69 bits per heavy atom. The van der Waals surface area contributed by atoms with Crippen LogP contribution in [0.3, 0.4) is 0 Å². The Bertz CT molecular complexity index is 228. The highest BCUT2D eigenvalue weighted by Crippen LogP contribution is 2.32. The van der Waals surface area contributed by atoms with E-state index in [1.54, 1.807) is 0 Å². The SMILES string of the molecule is C#CC(CC)NC(C(=O)O)C1CC1. The summed E-state index contributed by atoms with van der Waals surface area (Å²) in [6.45, 7) is 1.95. The Morgan fingerprint density at radius 1 is 1.77 bits per heavy atom. The van der Waals surface area contributed by atoms with Gasteiger partial charge in [-0.1, -0.05) is 12.8 Å². The van der Waals surface area contributed by atoms with Crippen molar-refractivity contribution in [3.63, 3.8) is 0 Å². The second-order valence-electron chi connectivity index (χ2n) is 3.45. The second kappa shape index (κ2) is 4.29. The van der Waals surface area contributed by atoms with Crippen LogP contribution >= 0.6 is 0 Å². The van der Waals surface area contributed by atoms with Gasteiger partial charge in [-0.3, -0.25) is 10.1 Å². The van der Waals surface area contributed by atoms with E-state index in [4.69, 9.17) is 11.5 Å². The molecule has 0 aromatic carbocycles. The Morgan fingerprint density at radius 2 is 2.38 bits per heavy atom. The molecule has 13 heavy (non-hydrogen) atoms. The summed E-state index contributed by atoms with van der Waals surface area (Å²) >= 11 is 0. The number of terminal acetylenes is 1. The van der Waals surface area contributed by atoms with Crippen molar-refractivity contribution in [2.75, 3.05) is 0 Å². The number of aliphatic carboxylic acids is 1. The van der Waals surface area contributed by atoms with Crippen LogP contribution in [0, 0.1) is 18.3 Å². The summed E-state index contributed by atoms with van der Waals surface area (Å²) in [6.07, 6.45) is 8.03. The summed E-state index contributed by atoms with van der Waals surface area (Å²) in [6, 6.07) is -0.553. The minimum atomic E-state index is -0.781. The molecular formula is C10H15NO2. The predicted octanol–water partition coefficient (Wildman–Crippen LogP) is 0.851. The summed E-state index contributed by atoms with van der Waals surface area (Å²) < 4.78 is 0. The quantitative estimate of drug-likeness (QED) is 0.618. The number of carbonyl (C=O) groups is 1. The van der Waals surface area contributed by atoms with E-state index < -0.39 is 12.0 Å². The maximum Gasteiger partial charge on any atom is 0.321 e. The van der Waals surface area contributed by atoms with Gasteiger partial charge in [0.15, 0.2) is 0 Å². The molecule has 3 nitrogen and oxygen atoms in total. The Kier molecular flexibility index (Phi) is 3.32. The van der Waals surface area contributed by atoms with Crippen LogP contribution in [-0.4, -0.2) is 23.2 Å². The van der Waals surface area contributed by atoms with Crippen molar-refractivity contribution in [2.45, 2.75) is 38.3 Å². The van der Waals surface area contributed by atoms with Crippen LogP contribution in [0.2, 0.25) is 0 Å². The third-order valence-electron chi connectivity index (χ3n) is 2.35. The van der Waals surface area contributed by atoms with Crippen molar-refractivity contribution < 1.29 is 9.90 Å². The Hall–Kier alpha value is -1.01. The van der Waals surface area contributed by atoms with E-state index in [2.05, 4.69) is 11.2 Å². The summed E-state index contributed by atoms with van der Waals surface area (Å²) in [5.74, 6) is 2.06. The Labute approximate surface area is 78.5 Å². The predicted molar refractivity (Wildman–Crippen MR) is 50.2 cm³/mol. The van der Waals surface area contributed by atoms with Gasteiger partial charge in [-0.15, -0.1) is 6.42 Å². The first-order valence-corrected chi connectivity index (χ1v) is 4.64. The minimum absolute atomic E-state index is 0.110.